The van der Waals surface area contributed by atoms with Crippen LogP contribution in [0.3, 0.4) is 0 Å². The number of ether oxygens (including phenoxy) is 1. The van der Waals surface area contributed by atoms with E-state index in [-0.39, 0.29) is 5.97 Å². The minimum absolute atomic E-state index is 0.286. The summed E-state index contributed by atoms with van der Waals surface area (Å²) >= 11 is 1.44. The van der Waals surface area contributed by atoms with Gasteiger partial charge in [-0.05, 0) is 6.07 Å². The third kappa shape index (κ3) is 8.60. The maximum absolute atomic E-state index is 11.4. The molecule has 0 unspecified atom stereocenters. The summed E-state index contributed by atoms with van der Waals surface area (Å²) in [7, 11) is 4.27. The van der Waals surface area contributed by atoms with Gasteiger partial charge in [-0.1, -0.05) is 0 Å². The van der Waals surface area contributed by atoms with Gasteiger partial charge in [0, 0.05) is 14.1 Å². The first-order valence-electron chi connectivity index (χ1n) is 5.48. The maximum Gasteiger partial charge on any atom is 0.348 e. The summed E-state index contributed by atoms with van der Waals surface area (Å²) in [6.07, 6.45) is 1.98. The van der Waals surface area contributed by atoms with Crippen molar-refractivity contribution in [2.24, 2.45) is 0 Å². The lowest BCUT2D eigenvalue weighted by molar-refractivity contribution is -2.00. The first-order chi connectivity index (χ1) is 9.45. The smallest absolute Gasteiger partial charge is 0.348 e. The van der Waals surface area contributed by atoms with E-state index in [1.807, 2.05) is 49.9 Å². The summed E-state index contributed by atoms with van der Waals surface area (Å²) in [5.41, 5.74) is 1.03. The van der Waals surface area contributed by atoms with Crippen LogP contribution in [-0.2, 0) is 4.74 Å². The number of rotatable bonds is 3. The highest BCUT2D eigenvalue weighted by molar-refractivity contribution is 7.18. The Morgan fingerprint density at radius 2 is 1.81 bits per heavy atom. The Bertz CT molecular complexity index is 499. The molecule has 0 aliphatic carbocycles. The molecule has 0 radical (unpaired) electrons. The van der Waals surface area contributed by atoms with E-state index in [4.69, 9.17) is 23.4 Å². The number of hydrogen-bond donors (Lipinski definition) is 0. The van der Waals surface area contributed by atoms with Gasteiger partial charge in [0.05, 0.1) is 12.7 Å². The number of carbonyl (C=O) groups excluding carboxylic acids is 1. The molecule has 1 aromatic rings. The molecule has 1 heterocycles. The molecule has 1 aromatic heterocycles. The van der Waals surface area contributed by atoms with E-state index < -0.39 is 10.2 Å². The first-order valence-corrected chi connectivity index (χ1v) is 7.53. The fraction of sp³-hybridized carbons (Fsp3) is 0.455. The van der Waals surface area contributed by atoms with E-state index in [2.05, 4.69) is 0 Å². The lowest BCUT2D eigenvalue weighted by atomic mass is 10.3. The molecule has 0 saturated carbocycles. The van der Waals surface area contributed by atoms with Crippen molar-refractivity contribution in [2.75, 3.05) is 40.2 Å². The molecule has 21 heavy (non-hydrogen) atoms. The lowest BCUT2D eigenvalue weighted by Gasteiger charge is -2.17. The molecule has 0 N–H and O–H groups in total. The largest absolute Gasteiger partial charge is 0.465 e. The number of nitrogens with zero attached hydrogens (tertiary/aromatic N) is 2. The molecule has 0 fully saturated rings. The molecule has 0 aromatic carbocycles. The average molecular weight is 341 g/mol. The third-order valence-electron chi connectivity index (χ3n) is 1.93. The Hall–Kier alpha value is -1.23. The summed E-state index contributed by atoms with van der Waals surface area (Å²) in [4.78, 5) is 14.0. The van der Waals surface area contributed by atoms with Gasteiger partial charge < -0.3 is 9.64 Å². The van der Waals surface area contributed by atoms with Gasteiger partial charge in [-0.3, -0.25) is 0 Å². The fourth-order valence-corrected chi connectivity index (χ4v) is 2.29. The van der Waals surface area contributed by atoms with Crippen LogP contribution in [0.5, 0.6) is 0 Å². The van der Waals surface area contributed by atoms with Gasteiger partial charge in [0.1, 0.15) is 24.0 Å². The van der Waals surface area contributed by atoms with Gasteiger partial charge in [0.2, 0.25) is 0 Å². The van der Waals surface area contributed by atoms with Crippen LogP contribution in [0.2, 0.25) is 0 Å². The number of anilines is 1. The Morgan fingerprint density at radius 1 is 1.33 bits per heavy atom. The van der Waals surface area contributed by atoms with Crippen LogP contribution < -0.4 is 23.5 Å². The average Bonchev–Trinajstić information content (AvgIpc) is 2.68. The minimum Gasteiger partial charge on any atom is -0.465 e. The summed E-state index contributed by atoms with van der Waals surface area (Å²) in [6.45, 7) is 0. The highest BCUT2D eigenvalue weighted by Gasteiger charge is 2.16. The van der Waals surface area contributed by atoms with Gasteiger partial charge in [0.25, 0.3) is 0 Å². The Kier molecular flexibility index (Phi) is 7.79. The zero-order valence-corrected chi connectivity index (χ0v) is 13.9. The second-order valence-corrected chi connectivity index (χ2v) is 6.01. The van der Waals surface area contributed by atoms with Crippen LogP contribution >= 0.6 is 11.3 Å². The van der Waals surface area contributed by atoms with Crippen molar-refractivity contribution in [3.05, 3.63) is 16.5 Å². The predicted octanol–water partition coefficient (Wildman–Crippen LogP) is -3.46. The number of carbonyl (C=O) groups is 1. The molecule has 0 bridgehead atoms. The number of hydrogen-bond acceptors (Lipinski definition) is 8. The molecular weight excluding hydrogens is 324 g/mol. The van der Waals surface area contributed by atoms with E-state index >= 15 is 0 Å². The Labute approximate surface area is 128 Å². The molecule has 1 rings (SSSR count). The standard InChI is InChI=1S/C11H17N2O2S.ClHO4/c1-12(2)7-8-6-9(11(14)15-5)16-10(8)13(3)4;2-1(3,4)5/h6-7H,1-5H3;(H,2,3,4,5)/q+1;/p-1. The van der Waals surface area contributed by atoms with Gasteiger partial charge in [-0.2, -0.15) is 0 Å². The second kappa shape index (κ2) is 8.27. The van der Waals surface area contributed by atoms with Crippen molar-refractivity contribution < 1.29 is 43.0 Å². The summed E-state index contributed by atoms with van der Waals surface area (Å²) in [6, 6.07) is 1.85. The number of esters is 1. The van der Waals surface area contributed by atoms with Crippen LogP contribution in [0.15, 0.2) is 6.07 Å². The molecular formula is C11H17ClN2O6S. The van der Waals surface area contributed by atoms with Crippen molar-refractivity contribution in [1.82, 2.24) is 0 Å². The molecule has 120 valence electrons. The number of thiophene rings is 1. The molecule has 0 amide bonds. The van der Waals surface area contributed by atoms with Crippen LogP contribution in [0.25, 0.3) is 0 Å². The second-order valence-electron chi connectivity index (χ2n) is 4.23. The predicted molar refractivity (Wildman–Crippen MR) is 67.3 cm³/mol. The number of methoxy groups -OCH3 is 1. The van der Waals surface area contributed by atoms with E-state index in [9.17, 15) is 4.79 Å². The van der Waals surface area contributed by atoms with Crippen LogP contribution in [0.4, 0.5) is 5.00 Å². The van der Waals surface area contributed by atoms with Gasteiger partial charge in [-0.15, -0.1) is 21.6 Å². The fourth-order valence-electron chi connectivity index (χ4n) is 1.32. The van der Waals surface area contributed by atoms with E-state index in [1.54, 1.807) is 0 Å². The van der Waals surface area contributed by atoms with Crippen molar-refractivity contribution >= 4 is 28.5 Å². The lowest BCUT2D eigenvalue weighted by Crippen LogP contribution is -2.68. The third-order valence-corrected chi connectivity index (χ3v) is 3.23. The van der Waals surface area contributed by atoms with Gasteiger partial charge in [-0.25, -0.2) is 28.0 Å². The monoisotopic (exact) mass is 340 g/mol. The zero-order valence-electron chi connectivity index (χ0n) is 12.3. The Morgan fingerprint density at radius 3 is 2.14 bits per heavy atom. The molecule has 8 nitrogen and oxygen atoms in total. The van der Waals surface area contributed by atoms with Crippen molar-refractivity contribution in [3.63, 3.8) is 0 Å². The van der Waals surface area contributed by atoms with Crippen molar-refractivity contribution in [3.8, 4) is 0 Å². The van der Waals surface area contributed by atoms with Crippen LogP contribution in [0.1, 0.15) is 15.2 Å². The maximum atomic E-state index is 11.4. The van der Waals surface area contributed by atoms with E-state index in [0.717, 1.165) is 10.6 Å². The Balaban J connectivity index is 0.000000690. The highest BCUT2D eigenvalue weighted by Crippen LogP contribution is 2.29. The summed E-state index contributed by atoms with van der Waals surface area (Å²) in [5, 5.41) is 1.05. The van der Waals surface area contributed by atoms with Crippen LogP contribution in [0, 0.1) is 10.2 Å². The summed E-state index contributed by atoms with van der Waals surface area (Å²) in [5.74, 6) is -0.286. The normalized spacial score (nSPS) is 10.3. The van der Waals surface area contributed by atoms with Gasteiger partial charge >= 0.3 is 5.97 Å². The van der Waals surface area contributed by atoms with E-state index in [0.29, 0.717) is 4.88 Å². The first kappa shape index (κ1) is 19.8. The van der Waals surface area contributed by atoms with Crippen molar-refractivity contribution in [1.29, 1.82) is 0 Å². The molecule has 0 spiro atoms. The zero-order chi connectivity index (χ0) is 16.8. The number of halogens is 1. The summed E-state index contributed by atoms with van der Waals surface area (Å²) < 4.78 is 40.6. The SMILES string of the molecule is COC(=O)c1cc(C=[N+](C)C)c(N(C)C)s1.[O-][Cl+3]([O-])([O-])[O-]. The molecule has 0 aliphatic rings. The van der Waals surface area contributed by atoms with Crippen LogP contribution in [-0.4, -0.2) is 52.1 Å². The van der Waals surface area contributed by atoms with E-state index in [1.165, 1.54) is 18.4 Å². The van der Waals surface area contributed by atoms with Crippen molar-refractivity contribution in [2.45, 2.75) is 0 Å². The molecule has 0 atom stereocenters. The van der Waals surface area contributed by atoms with Gasteiger partial charge in [0.15, 0.2) is 6.21 Å². The highest BCUT2D eigenvalue weighted by atomic mass is 35.7. The quantitative estimate of drug-likeness (QED) is 0.318. The molecule has 0 aliphatic heterocycles. The molecule has 0 saturated heterocycles. The molecule has 10 heteroatoms. The minimum atomic E-state index is -4.94. The topological polar surface area (TPSA) is 125 Å².